The number of nitrogens with zero attached hydrogens (tertiary/aromatic N) is 2. The first-order valence-electron chi connectivity index (χ1n) is 7.93. The molecule has 0 saturated carbocycles. The molecule has 1 atom stereocenters. The molecule has 1 aliphatic rings. The molecule has 3 rings (SSSR count). The molecule has 3 heterocycles. The van der Waals surface area contributed by atoms with Gasteiger partial charge in [0.2, 0.25) is 5.91 Å². The summed E-state index contributed by atoms with van der Waals surface area (Å²) in [6.45, 7) is 0.485. The minimum atomic E-state index is -0.686. The normalized spacial score (nSPS) is 16.8. The third-order valence-electron chi connectivity index (χ3n) is 3.90. The number of rotatable bonds is 7. The predicted octanol–water partition coefficient (Wildman–Crippen LogP) is 1.19. The lowest BCUT2D eigenvalue weighted by molar-refractivity contribution is -0.128. The molecule has 0 aliphatic carbocycles. The topological polar surface area (TPSA) is 105 Å². The van der Waals surface area contributed by atoms with Gasteiger partial charge in [0, 0.05) is 25.4 Å². The van der Waals surface area contributed by atoms with E-state index in [2.05, 4.69) is 15.6 Å². The first-order valence-corrected chi connectivity index (χ1v) is 7.93. The highest BCUT2D eigenvalue weighted by Crippen LogP contribution is 2.15. The number of urea groups is 1. The molecule has 1 fully saturated rings. The van der Waals surface area contributed by atoms with E-state index in [0.29, 0.717) is 12.3 Å². The van der Waals surface area contributed by atoms with Gasteiger partial charge in [-0.15, -0.1) is 0 Å². The standard InChI is InChI=1S/C17H18N4O4/c22-15(19-10-12-5-7-18-8-6-12)4-3-14-16(23)21(17(24)20-14)11-13-2-1-9-25-13/h1-2,5-9,14H,3-4,10-11H2,(H,19,22)(H,20,24)/t14-/m0/s1. The lowest BCUT2D eigenvalue weighted by Gasteiger charge is -2.11. The van der Waals surface area contributed by atoms with Crippen LogP contribution in [0.4, 0.5) is 4.79 Å². The van der Waals surface area contributed by atoms with Gasteiger partial charge in [-0.2, -0.15) is 0 Å². The van der Waals surface area contributed by atoms with Gasteiger partial charge in [0.25, 0.3) is 5.91 Å². The number of hydrogen-bond acceptors (Lipinski definition) is 5. The van der Waals surface area contributed by atoms with Gasteiger partial charge in [0.1, 0.15) is 11.8 Å². The fraction of sp³-hybridized carbons (Fsp3) is 0.294. The number of carbonyl (C=O) groups is 3. The number of carbonyl (C=O) groups excluding carboxylic acids is 3. The van der Waals surface area contributed by atoms with E-state index in [1.807, 2.05) is 12.1 Å². The first kappa shape index (κ1) is 16.7. The molecule has 0 unspecified atom stereocenters. The van der Waals surface area contributed by atoms with Crippen LogP contribution >= 0.6 is 0 Å². The quantitative estimate of drug-likeness (QED) is 0.736. The van der Waals surface area contributed by atoms with Crippen molar-refractivity contribution in [2.75, 3.05) is 0 Å². The molecule has 8 heteroatoms. The molecule has 2 aromatic rings. The van der Waals surface area contributed by atoms with Crippen LogP contribution in [0.5, 0.6) is 0 Å². The van der Waals surface area contributed by atoms with Crippen LogP contribution in [-0.4, -0.2) is 33.8 Å². The van der Waals surface area contributed by atoms with Gasteiger partial charge in [-0.05, 0) is 36.2 Å². The van der Waals surface area contributed by atoms with Crippen LogP contribution in [-0.2, 0) is 22.7 Å². The van der Waals surface area contributed by atoms with Crippen LogP contribution in [0.25, 0.3) is 0 Å². The highest BCUT2D eigenvalue weighted by molar-refractivity contribution is 6.04. The Morgan fingerprint density at radius 1 is 1.28 bits per heavy atom. The van der Waals surface area contributed by atoms with Gasteiger partial charge in [-0.25, -0.2) is 4.79 Å². The van der Waals surface area contributed by atoms with Gasteiger partial charge < -0.3 is 15.1 Å². The van der Waals surface area contributed by atoms with E-state index >= 15 is 0 Å². The number of amides is 4. The Hall–Kier alpha value is -3.16. The second kappa shape index (κ2) is 7.61. The van der Waals surface area contributed by atoms with Crippen molar-refractivity contribution in [1.82, 2.24) is 20.5 Å². The van der Waals surface area contributed by atoms with Gasteiger partial charge in [0.05, 0.1) is 12.8 Å². The van der Waals surface area contributed by atoms with E-state index in [0.717, 1.165) is 10.5 Å². The third kappa shape index (κ3) is 4.23. The highest BCUT2D eigenvalue weighted by atomic mass is 16.3. The summed E-state index contributed by atoms with van der Waals surface area (Å²) < 4.78 is 5.16. The van der Waals surface area contributed by atoms with Crippen molar-refractivity contribution in [3.8, 4) is 0 Å². The summed E-state index contributed by atoms with van der Waals surface area (Å²) in [5, 5.41) is 5.38. The number of aromatic nitrogens is 1. The van der Waals surface area contributed by atoms with Crippen molar-refractivity contribution in [3.05, 3.63) is 54.2 Å². The number of imide groups is 1. The Morgan fingerprint density at radius 2 is 2.08 bits per heavy atom. The van der Waals surface area contributed by atoms with E-state index in [1.54, 1.807) is 24.5 Å². The minimum Gasteiger partial charge on any atom is -0.467 e. The van der Waals surface area contributed by atoms with Crippen molar-refractivity contribution in [2.24, 2.45) is 0 Å². The zero-order valence-electron chi connectivity index (χ0n) is 13.5. The lowest BCUT2D eigenvalue weighted by Crippen LogP contribution is -2.32. The average Bonchev–Trinajstić information content (AvgIpc) is 3.23. The van der Waals surface area contributed by atoms with Crippen LogP contribution in [0, 0.1) is 0 Å². The summed E-state index contributed by atoms with van der Waals surface area (Å²) in [6.07, 6.45) is 5.19. The molecule has 0 bridgehead atoms. The van der Waals surface area contributed by atoms with Gasteiger partial charge in [-0.3, -0.25) is 19.5 Å². The highest BCUT2D eigenvalue weighted by Gasteiger charge is 2.38. The molecule has 130 valence electrons. The van der Waals surface area contributed by atoms with Crippen molar-refractivity contribution in [2.45, 2.75) is 32.0 Å². The van der Waals surface area contributed by atoms with Gasteiger partial charge in [0.15, 0.2) is 0 Å². The van der Waals surface area contributed by atoms with Crippen LogP contribution in [0.15, 0.2) is 47.3 Å². The largest absolute Gasteiger partial charge is 0.467 e. The molecule has 1 saturated heterocycles. The molecule has 0 spiro atoms. The zero-order valence-corrected chi connectivity index (χ0v) is 13.5. The minimum absolute atomic E-state index is 0.0857. The molecule has 2 aromatic heterocycles. The molecule has 0 aromatic carbocycles. The Bertz CT molecular complexity index is 745. The summed E-state index contributed by atoms with van der Waals surface area (Å²) in [4.78, 5) is 41.1. The Labute approximate surface area is 144 Å². The van der Waals surface area contributed by atoms with Crippen molar-refractivity contribution in [1.29, 1.82) is 0 Å². The van der Waals surface area contributed by atoms with E-state index in [1.165, 1.54) is 6.26 Å². The summed E-state index contributed by atoms with van der Waals surface area (Å²) in [5.74, 6) is 0.00548. The number of nitrogens with one attached hydrogen (secondary N) is 2. The molecule has 25 heavy (non-hydrogen) atoms. The molecular formula is C17H18N4O4. The Kier molecular flexibility index (Phi) is 5.08. The SMILES string of the molecule is O=C(CC[C@@H]1NC(=O)N(Cc2ccco2)C1=O)NCc1ccncc1. The molecule has 2 N–H and O–H groups in total. The maximum absolute atomic E-state index is 12.3. The van der Waals surface area contributed by atoms with E-state index in [4.69, 9.17) is 4.42 Å². The second-order valence-corrected chi connectivity index (χ2v) is 5.68. The fourth-order valence-electron chi connectivity index (χ4n) is 2.55. The average molecular weight is 342 g/mol. The van der Waals surface area contributed by atoms with Crippen LogP contribution in [0.1, 0.15) is 24.2 Å². The number of pyridine rings is 1. The number of furan rings is 1. The van der Waals surface area contributed by atoms with E-state index in [9.17, 15) is 14.4 Å². The van der Waals surface area contributed by atoms with Crippen LogP contribution in [0.3, 0.4) is 0 Å². The van der Waals surface area contributed by atoms with E-state index in [-0.39, 0.29) is 31.2 Å². The van der Waals surface area contributed by atoms with E-state index < -0.39 is 12.1 Å². The second-order valence-electron chi connectivity index (χ2n) is 5.68. The third-order valence-corrected chi connectivity index (χ3v) is 3.90. The molecule has 4 amide bonds. The monoisotopic (exact) mass is 342 g/mol. The summed E-state index contributed by atoms with van der Waals surface area (Å²) in [5.41, 5.74) is 0.943. The molecule has 8 nitrogen and oxygen atoms in total. The number of hydrogen-bond donors (Lipinski definition) is 2. The predicted molar refractivity (Wildman–Crippen MR) is 86.9 cm³/mol. The summed E-state index contributed by atoms with van der Waals surface area (Å²) in [6, 6.07) is 5.86. The van der Waals surface area contributed by atoms with Crippen LogP contribution in [0.2, 0.25) is 0 Å². The first-order chi connectivity index (χ1) is 12.1. The molecule has 0 radical (unpaired) electrons. The maximum atomic E-state index is 12.3. The maximum Gasteiger partial charge on any atom is 0.325 e. The summed E-state index contributed by atoms with van der Waals surface area (Å²) >= 11 is 0. The van der Waals surface area contributed by atoms with Gasteiger partial charge in [-0.1, -0.05) is 0 Å². The smallest absolute Gasteiger partial charge is 0.325 e. The lowest BCUT2D eigenvalue weighted by atomic mass is 10.1. The Morgan fingerprint density at radius 3 is 2.80 bits per heavy atom. The molecular weight excluding hydrogens is 324 g/mol. The van der Waals surface area contributed by atoms with Crippen molar-refractivity contribution >= 4 is 17.8 Å². The zero-order chi connectivity index (χ0) is 17.6. The fourth-order valence-corrected chi connectivity index (χ4v) is 2.55. The van der Waals surface area contributed by atoms with Crippen LogP contribution < -0.4 is 10.6 Å². The van der Waals surface area contributed by atoms with Crippen molar-refractivity contribution < 1.29 is 18.8 Å². The van der Waals surface area contributed by atoms with Crippen molar-refractivity contribution in [3.63, 3.8) is 0 Å². The molecule has 1 aliphatic heterocycles. The van der Waals surface area contributed by atoms with Gasteiger partial charge >= 0.3 is 6.03 Å². The summed E-state index contributed by atoms with van der Waals surface area (Å²) in [7, 11) is 0. The Balaban J connectivity index is 1.46.